The SMILES string of the molecule is CCN(C(=O)OC(C)(C)C)C1=N[C@@H]2[C@@H](O)[C@H](O)[C@@H](CO)O[C@@H]2S1. The molecular formula is C14H24N2O6S. The summed E-state index contributed by atoms with van der Waals surface area (Å²) in [5.41, 5.74) is -1.19. The first-order chi connectivity index (χ1) is 10.7. The summed E-state index contributed by atoms with van der Waals surface area (Å²) in [7, 11) is 0. The van der Waals surface area contributed by atoms with Crippen molar-refractivity contribution in [1.82, 2.24) is 4.90 Å². The lowest BCUT2D eigenvalue weighted by molar-refractivity contribution is -0.164. The smallest absolute Gasteiger partial charge is 0.416 e. The third-order valence-corrected chi connectivity index (χ3v) is 4.65. The minimum absolute atomic E-state index is 0.349. The van der Waals surface area contributed by atoms with Crippen LogP contribution in [-0.2, 0) is 9.47 Å². The van der Waals surface area contributed by atoms with Gasteiger partial charge in [0.1, 0.15) is 35.4 Å². The van der Waals surface area contributed by atoms with Crippen molar-refractivity contribution in [2.75, 3.05) is 13.2 Å². The molecule has 1 fully saturated rings. The summed E-state index contributed by atoms with van der Waals surface area (Å²) in [5.74, 6) is 0. The fraction of sp³-hybridized carbons (Fsp3) is 0.857. The van der Waals surface area contributed by atoms with Crippen LogP contribution in [0.5, 0.6) is 0 Å². The minimum atomic E-state index is -1.22. The van der Waals surface area contributed by atoms with E-state index in [1.807, 2.05) is 0 Å². The Morgan fingerprint density at radius 2 is 2.04 bits per heavy atom. The zero-order chi connectivity index (χ0) is 17.4. The highest BCUT2D eigenvalue weighted by atomic mass is 32.2. The summed E-state index contributed by atoms with van der Waals surface area (Å²) in [6, 6.07) is -0.690. The molecule has 1 amide bonds. The summed E-state index contributed by atoms with van der Waals surface area (Å²) in [5, 5.41) is 29.6. The number of hydrogen-bond donors (Lipinski definition) is 3. The molecule has 0 aliphatic carbocycles. The van der Waals surface area contributed by atoms with Crippen LogP contribution in [-0.4, -0.2) is 80.0 Å². The molecule has 23 heavy (non-hydrogen) atoms. The number of amidine groups is 1. The van der Waals surface area contributed by atoms with Crippen LogP contribution < -0.4 is 0 Å². The summed E-state index contributed by atoms with van der Waals surface area (Å²) in [6.07, 6.45) is -3.78. The van der Waals surface area contributed by atoms with Crippen molar-refractivity contribution in [2.45, 2.75) is 63.1 Å². The van der Waals surface area contributed by atoms with Crippen LogP contribution in [0, 0.1) is 0 Å². The van der Waals surface area contributed by atoms with Gasteiger partial charge in [0, 0.05) is 6.54 Å². The summed E-state index contributed by atoms with van der Waals surface area (Å²) < 4.78 is 10.9. The Hall–Kier alpha value is -0.870. The van der Waals surface area contributed by atoms with Crippen LogP contribution in [0.15, 0.2) is 4.99 Å². The second-order valence-electron chi connectivity index (χ2n) is 6.45. The zero-order valence-corrected chi connectivity index (χ0v) is 14.5. The predicted molar refractivity (Wildman–Crippen MR) is 85.2 cm³/mol. The fourth-order valence-electron chi connectivity index (χ4n) is 2.36. The maximum atomic E-state index is 12.3. The van der Waals surface area contributed by atoms with Gasteiger partial charge in [-0.3, -0.25) is 9.89 Å². The number of thioether (sulfide) groups is 1. The monoisotopic (exact) mass is 348 g/mol. The number of hydrogen-bond acceptors (Lipinski definition) is 8. The van der Waals surface area contributed by atoms with Crippen molar-refractivity contribution in [2.24, 2.45) is 4.99 Å². The molecule has 1 saturated heterocycles. The lowest BCUT2D eigenvalue weighted by Gasteiger charge is -2.37. The molecule has 2 aliphatic rings. The summed E-state index contributed by atoms with van der Waals surface area (Å²) in [6.45, 7) is 7.06. The Balaban J connectivity index is 2.14. The van der Waals surface area contributed by atoms with Crippen molar-refractivity contribution in [3.8, 4) is 0 Å². The van der Waals surface area contributed by atoms with Gasteiger partial charge < -0.3 is 24.8 Å². The van der Waals surface area contributed by atoms with Gasteiger partial charge in [-0.05, 0) is 27.7 Å². The van der Waals surface area contributed by atoms with Gasteiger partial charge in [0.05, 0.1) is 6.61 Å². The first-order valence-electron chi connectivity index (χ1n) is 7.55. The number of aliphatic hydroxyl groups excluding tert-OH is 3. The van der Waals surface area contributed by atoms with Crippen LogP contribution in [0.25, 0.3) is 0 Å². The molecule has 2 rings (SSSR count). The van der Waals surface area contributed by atoms with Gasteiger partial charge in [0.2, 0.25) is 0 Å². The zero-order valence-electron chi connectivity index (χ0n) is 13.7. The van der Waals surface area contributed by atoms with Crippen LogP contribution in [0.4, 0.5) is 4.79 Å². The van der Waals surface area contributed by atoms with E-state index in [1.165, 1.54) is 16.7 Å². The molecule has 0 aromatic heterocycles. The molecule has 0 unspecified atom stereocenters. The third kappa shape index (κ3) is 3.97. The quantitative estimate of drug-likeness (QED) is 0.651. The van der Waals surface area contributed by atoms with E-state index in [2.05, 4.69) is 4.99 Å². The number of amides is 1. The molecule has 5 atom stereocenters. The van der Waals surface area contributed by atoms with Gasteiger partial charge in [-0.25, -0.2) is 4.79 Å². The average molecular weight is 348 g/mol. The van der Waals surface area contributed by atoms with E-state index in [1.54, 1.807) is 27.7 Å². The molecule has 8 nitrogen and oxygen atoms in total. The number of rotatable bonds is 2. The molecule has 0 radical (unpaired) electrons. The molecule has 0 aromatic carbocycles. The van der Waals surface area contributed by atoms with E-state index >= 15 is 0 Å². The highest BCUT2D eigenvalue weighted by molar-refractivity contribution is 8.14. The molecule has 132 valence electrons. The van der Waals surface area contributed by atoms with Crippen molar-refractivity contribution in [3.63, 3.8) is 0 Å². The number of aliphatic hydroxyl groups is 3. The lowest BCUT2D eigenvalue weighted by Crippen LogP contribution is -2.55. The van der Waals surface area contributed by atoms with Gasteiger partial charge in [0.15, 0.2) is 5.17 Å². The van der Waals surface area contributed by atoms with Crippen LogP contribution >= 0.6 is 11.8 Å². The third-order valence-electron chi connectivity index (χ3n) is 3.49. The van der Waals surface area contributed by atoms with Crippen LogP contribution in [0.3, 0.4) is 0 Å². The van der Waals surface area contributed by atoms with E-state index in [-0.39, 0.29) is 0 Å². The van der Waals surface area contributed by atoms with E-state index < -0.39 is 48.1 Å². The summed E-state index contributed by atoms with van der Waals surface area (Å²) in [4.78, 5) is 18.0. The van der Waals surface area contributed by atoms with Crippen molar-refractivity contribution in [3.05, 3.63) is 0 Å². The first-order valence-corrected chi connectivity index (χ1v) is 8.43. The first kappa shape index (κ1) is 18.5. The van der Waals surface area contributed by atoms with Gasteiger partial charge in [-0.15, -0.1) is 0 Å². The highest BCUT2D eigenvalue weighted by Gasteiger charge is 2.49. The molecular weight excluding hydrogens is 324 g/mol. The maximum absolute atomic E-state index is 12.3. The molecule has 2 aliphatic heterocycles. The number of ether oxygens (including phenoxy) is 2. The number of aliphatic imine (C=N–C) groups is 1. The summed E-state index contributed by atoms with van der Waals surface area (Å²) >= 11 is 1.18. The highest BCUT2D eigenvalue weighted by Crippen LogP contribution is 2.37. The van der Waals surface area contributed by atoms with Crippen molar-refractivity contribution < 1.29 is 29.6 Å². The van der Waals surface area contributed by atoms with Crippen LogP contribution in [0.2, 0.25) is 0 Å². The topological polar surface area (TPSA) is 112 Å². The van der Waals surface area contributed by atoms with E-state index in [0.717, 1.165) is 0 Å². The van der Waals surface area contributed by atoms with Gasteiger partial charge >= 0.3 is 6.09 Å². The Bertz CT molecular complexity index is 480. The molecule has 2 heterocycles. The van der Waals surface area contributed by atoms with Gasteiger partial charge in [-0.1, -0.05) is 11.8 Å². The maximum Gasteiger partial charge on any atom is 0.416 e. The number of carbonyl (C=O) groups excluding carboxylic acids is 1. The molecule has 0 spiro atoms. The Morgan fingerprint density at radius 3 is 2.57 bits per heavy atom. The van der Waals surface area contributed by atoms with E-state index in [9.17, 15) is 20.1 Å². The van der Waals surface area contributed by atoms with Gasteiger partial charge in [-0.2, -0.15) is 0 Å². The molecule has 0 aromatic rings. The van der Waals surface area contributed by atoms with Crippen molar-refractivity contribution >= 4 is 23.0 Å². The second kappa shape index (κ2) is 6.94. The average Bonchev–Trinajstić information content (AvgIpc) is 2.85. The van der Waals surface area contributed by atoms with Crippen LogP contribution in [0.1, 0.15) is 27.7 Å². The standard InChI is InChI=1S/C14H24N2O6S/c1-5-16(13(20)22-14(2,3)4)12-15-8-10(19)9(18)7(6-17)21-11(8)23-12/h7-11,17-19H,5-6H2,1-4H3/t7-,8-,9-,10-,11-/m1/s1. The van der Waals surface area contributed by atoms with E-state index in [0.29, 0.717) is 11.7 Å². The Labute approximate surface area is 139 Å². The number of carbonyl (C=O) groups is 1. The lowest BCUT2D eigenvalue weighted by atomic mass is 9.99. The van der Waals surface area contributed by atoms with Gasteiger partial charge in [0.25, 0.3) is 0 Å². The molecule has 0 saturated carbocycles. The van der Waals surface area contributed by atoms with Crippen molar-refractivity contribution in [1.29, 1.82) is 0 Å². The predicted octanol–water partition coefficient (Wildman–Crippen LogP) is 0.154. The number of fused-ring (bicyclic) bond motifs is 1. The largest absolute Gasteiger partial charge is 0.443 e. The van der Waals surface area contributed by atoms with E-state index in [4.69, 9.17) is 9.47 Å². The Morgan fingerprint density at radius 1 is 1.39 bits per heavy atom. The fourth-order valence-corrected chi connectivity index (χ4v) is 3.64. The molecule has 9 heteroatoms. The Kier molecular flexibility index (Phi) is 5.57. The minimum Gasteiger partial charge on any atom is -0.443 e. The molecule has 3 N–H and O–H groups in total. The number of nitrogens with zero attached hydrogens (tertiary/aromatic N) is 2. The second-order valence-corrected chi connectivity index (χ2v) is 7.52. The molecule has 0 bridgehead atoms. The normalized spacial score (nSPS) is 33.9.